The molecule has 20 heavy (non-hydrogen) atoms. The number of carbonyl (C=O) groups is 1. The Kier molecular flexibility index (Phi) is 7.46. The lowest BCUT2D eigenvalue weighted by Crippen LogP contribution is -2.15. The second kappa shape index (κ2) is 9.41. The number of rotatable bonds is 11. The molecule has 0 aromatic rings. The average Bonchev–Trinajstić information content (AvgIpc) is 3.11. The van der Waals surface area contributed by atoms with E-state index in [9.17, 15) is 4.79 Å². The van der Waals surface area contributed by atoms with Gasteiger partial charge in [-0.1, -0.05) is 70.6 Å². The van der Waals surface area contributed by atoms with E-state index in [2.05, 4.69) is 0 Å². The van der Waals surface area contributed by atoms with Gasteiger partial charge in [0, 0.05) is 0 Å². The van der Waals surface area contributed by atoms with Crippen LogP contribution in [0.1, 0.15) is 89.9 Å². The molecule has 0 bridgehead atoms. The minimum Gasteiger partial charge on any atom is -0.465 e. The standard InChI is InChI=1S/C18H32O2/c19-18(17-11-7-8-12-17)20-15-9-5-3-1-2-4-6-10-16-13-14-16/h16-17H,1-15H2. The van der Waals surface area contributed by atoms with E-state index in [-0.39, 0.29) is 11.9 Å². The minimum absolute atomic E-state index is 0.0718. The van der Waals surface area contributed by atoms with Gasteiger partial charge >= 0.3 is 5.97 Å². The van der Waals surface area contributed by atoms with Gasteiger partial charge in [-0.25, -0.2) is 0 Å². The number of unbranched alkanes of at least 4 members (excludes halogenated alkanes) is 6. The fourth-order valence-electron chi connectivity index (χ4n) is 3.28. The molecule has 0 N–H and O–H groups in total. The number of hydrogen-bond donors (Lipinski definition) is 0. The maximum Gasteiger partial charge on any atom is 0.308 e. The van der Waals surface area contributed by atoms with Crippen molar-refractivity contribution in [3.05, 3.63) is 0 Å². The zero-order valence-corrected chi connectivity index (χ0v) is 13.1. The lowest BCUT2D eigenvalue weighted by molar-refractivity contribution is -0.148. The smallest absolute Gasteiger partial charge is 0.308 e. The molecule has 0 spiro atoms. The van der Waals surface area contributed by atoms with Crippen molar-refractivity contribution in [2.45, 2.75) is 89.9 Å². The van der Waals surface area contributed by atoms with Crippen molar-refractivity contribution in [1.29, 1.82) is 0 Å². The lowest BCUT2D eigenvalue weighted by atomic mass is 10.1. The Balaban J connectivity index is 1.30. The van der Waals surface area contributed by atoms with Gasteiger partial charge in [-0.05, 0) is 25.2 Å². The van der Waals surface area contributed by atoms with Crippen LogP contribution in [0.15, 0.2) is 0 Å². The summed E-state index contributed by atoms with van der Waals surface area (Å²) in [6.07, 6.45) is 18.2. The predicted molar refractivity (Wildman–Crippen MR) is 82.6 cm³/mol. The number of carbonyl (C=O) groups excluding carboxylic acids is 1. The Bertz CT molecular complexity index is 265. The summed E-state index contributed by atoms with van der Waals surface area (Å²) in [5, 5.41) is 0. The molecule has 2 rings (SSSR count). The average molecular weight is 280 g/mol. The van der Waals surface area contributed by atoms with Gasteiger partial charge in [-0.3, -0.25) is 4.79 Å². The van der Waals surface area contributed by atoms with Gasteiger partial charge in [-0.15, -0.1) is 0 Å². The van der Waals surface area contributed by atoms with Crippen molar-refractivity contribution < 1.29 is 9.53 Å². The van der Waals surface area contributed by atoms with Gasteiger partial charge in [0.2, 0.25) is 0 Å². The van der Waals surface area contributed by atoms with E-state index >= 15 is 0 Å². The van der Waals surface area contributed by atoms with Crippen LogP contribution < -0.4 is 0 Å². The molecule has 2 heteroatoms. The summed E-state index contributed by atoms with van der Waals surface area (Å²) < 4.78 is 5.37. The molecule has 2 nitrogen and oxygen atoms in total. The highest BCUT2D eigenvalue weighted by molar-refractivity contribution is 5.72. The first kappa shape index (κ1) is 15.9. The van der Waals surface area contributed by atoms with E-state index in [0.717, 1.165) is 25.2 Å². The SMILES string of the molecule is O=C(OCCCCCCCCCC1CC1)C1CCCC1. The first-order valence-electron chi connectivity index (χ1n) is 9.03. The molecule has 0 atom stereocenters. The summed E-state index contributed by atoms with van der Waals surface area (Å²) in [5.41, 5.74) is 0. The Labute approximate surface area is 124 Å². The normalized spacial score (nSPS) is 19.4. The molecule has 0 aliphatic heterocycles. The minimum atomic E-state index is 0.0718. The fourth-order valence-corrected chi connectivity index (χ4v) is 3.28. The summed E-state index contributed by atoms with van der Waals surface area (Å²) in [6, 6.07) is 0. The van der Waals surface area contributed by atoms with Crippen LogP contribution in [0.25, 0.3) is 0 Å². The topological polar surface area (TPSA) is 26.3 Å². The van der Waals surface area contributed by atoms with Crippen LogP contribution in [-0.4, -0.2) is 12.6 Å². The highest BCUT2D eigenvalue weighted by atomic mass is 16.5. The third-order valence-corrected chi connectivity index (χ3v) is 4.89. The van der Waals surface area contributed by atoms with E-state index in [1.807, 2.05) is 0 Å². The van der Waals surface area contributed by atoms with Crippen molar-refractivity contribution in [3.8, 4) is 0 Å². The van der Waals surface area contributed by atoms with Gasteiger partial charge in [0.15, 0.2) is 0 Å². The molecule has 0 heterocycles. The van der Waals surface area contributed by atoms with Gasteiger partial charge in [0.25, 0.3) is 0 Å². The van der Waals surface area contributed by atoms with Crippen LogP contribution in [0.2, 0.25) is 0 Å². The Morgan fingerprint density at radius 3 is 2.05 bits per heavy atom. The third kappa shape index (κ3) is 6.76. The Morgan fingerprint density at radius 1 is 0.800 bits per heavy atom. The molecule has 116 valence electrons. The van der Waals surface area contributed by atoms with Gasteiger partial charge < -0.3 is 4.74 Å². The van der Waals surface area contributed by atoms with E-state index in [1.165, 1.54) is 70.6 Å². The number of ether oxygens (including phenoxy) is 1. The molecular weight excluding hydrogens is 248 g/mol. The number of esters is 1. The zero-order chi connectivity index (χ0) is 14.0. The van der Waals surface area contributed by atoms with Gasteiger partial charge in [-0.2, -0.15) is 0 Å². The lowest BCUT2D eigenvalue weighted by Gasteiger charge is -2.09. The molecule has 2 aliphatic rings. The quantitative estimate of drug-likeness (QED) is 0.381. The number of hydrogen-bond acceptors (Lipinski definition) is 2. The maximum atomic E-state index is 11.7. The van der Waals surface area contributed by atoms with Crippen LogP contribution >= 0.6 is 0 Å². The van der Waals surface area contributed by atoms with Crippen molar-refractivity contribution in [2.75, 3.05) is 6.61 Å². The van der Waals surface area contributed by atoms with Crippen molar-refractivity contribution >= 4 is 5.97 Å². The monoisotopic (exact) mass is 280 g/mol. The van der Waals surface area contributed by atoms with Crippen molar-refractivity contribution in [2.24, 2.45) is 11.8 Å². The first-order chi connectivity index (χ1) is 9.86. The summed E-state index contributed by atoms with van der Waals surface area (Å²) in [6.45, 7) is 0.650. The summed E-state index contributed by atoms with van der Waals surface area (Å²) >= 11 is 0. The second-order valence-corrected chi connectivity index (χ2v) is 6.86. The van der Waals surface area contributed by atoms with Crippen LogP contribution in [0, 0.1) is 11.8 Å². The summed E-state index contributed by atoms with van der Waals surface area (Å²) in [4.78, 5) is 11.7. The van der Waals surface area contributed by atoms with Crippen molar-refractivity contribution in [1.82, 2.24) is 0 Å². The van der Waals surface area contributed by atoms with Crippen LogP contribution in [-0.2, 0) is 9.53 Å². The molecule has 0 aromatic carbocycles. The molecular formula is C18H32O2. The van der Waals surface area contributed by atoms with E-state index in [0.29, 0.717) is 6.61 Å². The molecule has 2 aliphatic carbocycles. The Hall–Kier alpha value is -0.530. The maximum absolute atomic E-state index is 11.7. The van der Waals surface area contributed by atoms with Crippen LogP contribution in [0.3, 0.4) is 0 Å². The summed E-state index contributed by atoms with van der Waals surface area (Å²) in [5.74, 6) is 1.40. The zero-order valence-electron chi connectivity index (χ0n) is 13.1. The summed E-state index contributed by atoms with van der Waals surface area (Å²) in [7, 11) is 0. The van der Waals surface area contributed by atoms with Gasteiger partial charge in [0.1, 0.15) is 0 Å². The van der Waals surface area contributed by atoms with E-state index in [1.54, 1.807) is 0 Å². The molecule has 0 aromatic heterocycles. The van der Waals surface area contributed by atoms with E-state index in [4.69, 9.17) is 4.74 Å². The molecule has 2 saturated carbocycles. The van der Waals surface area contributed by atoms with Crippen LogP contribution in [0.4, 0.5) is 0 Å². The molecule has 0 radical (unpaired) electrons. The highest BCUT2D eigenvalue weighted by Crippen LogP contribution is 2.34. The van der Waals surface area contributed by atoms with Crippen LogP contribution in [0.5, 0.6) is 0 Å². The fraction of sp³-hybridized carbons (Fsp3) is 0.944. The molecule has 0 saturated heterocycles. The molecule has 0 unspecified atom stereocenters. The Morgan fingerprint density at radius 2 is 1.40 bits per heavy atom. The molecule has 0 amide bonds. The van der Waals surface area contributed by atoms with Crippen molar-refractivity contribution in [3.63, 3.8) is 0 Å². The van der Waals surface area contributed by atoms with E-state index < -0.39 is 0 Å². The highest BCUT2D eigenvalue weighted by Gasteiger charge is 2.23. The van der Waals surface area contributed by atoms with Gasteiger partial charge in [0.05, 0.1) is 12.5 Å². The molecule has 2 fully saturated rings. The largest absolute Gasteiger partial charge is 0.465 e. The third-order valence-electron chi connectivity index (χ3n) is 4.89. The predicted octanol–water partition coefficient (Wildman–Crippen LogP) is 5.25. The first-order valence-corrected chi connectivity index (χ1v) is 9.03. The second-order valence-electron chi connectivity index (χ2n) is 6.86.